The van der Waals surface area contributed by atoms with E-state index in [2.05, 4.69) is 0 Å². The maximum absolute atomic E-state index is 10.8. The van der Waals surface area contributed by atoms with Gasteiger partial charge in [0.05, 0.1) is 13.2 Å². The largest absolute Gasteiger partial charge is 0.383 e. The van der Waals surface area contributed by atoms with E-state index in [4.69, 9.17) is 10.5 Å². The number of nitrogens with two attached hydrogens (primary N) is 1. The molecule has 0 bridgehead atoms. The molecular formula is C17H21NO2. The molecule has 0 aliphatic heterocycles. The number of hydrogen-bond donors (Lipinski definition) is 2. The first-order valence-electron chi connectivity index (χ1n) is 6.84. The third kappa shape index (κ3) is 3.90. The Morgan fingerprint density at radius 3 is 2.15 bits per heavy atom. The van der Waals surface area contributed by atoms with Gasteiger partial charge >= 0.3 is 0 Å². The van der Waals surface area contributed by atoms with E-state index in [1.54, 1.807) is 0 Å². The minimum atomic E-state index is -1.02. The molecule has 0 spiro atoms. The molecule has 0 saturated heterocycles. The molecule has 20 heavy (non-hydrogen) atoms. The van der Waals surface area contributed by atoms with Gasteiger partial charge in [0.25, 0.3) is 0 Å². The lowest BCUT2D eigenvalue weighted by molar-refractivity contribution is -0.0602. The maximum atomic E-state index is 10.8. The van der Waals surface area contributed by atoms with Crippen LogP contribution in [0.2, 0.25) is 0 Å². The molecule has 2 rings (SSSR count). The van der Waals surface area contributed by atoms with Crippen molar-refractivity contribution in [1.82, 2.24) is 0 Å². The van der Waals surface area contributed by atoms with Crippen LogP contribution in [-0.4, -0.2) is 18.3 Å². The minimum Gasteiger partial charge on any atom is -0.383 e. The van der Waals surface area contributed by atoms with Crippen molar-refractivity contribution in [3.63, 3.8) is 0 Å². The van der Waals surface area contributed by atoms with Crippen molar-refractivity contribution in [2.45, 2.75) is 18.6 Å². The summed E-state index contributed by atoms with van der Waals surface area (Å²) in [7, 11) is 0. The SMILES string of the molecule is NCC[C@](O)(COCc1ccccc1)c1ccccc1. The Morgan fingerprint density at radius 1 is 0.950 bits per heavy atom. The fraction of sp³-hybridized carbons (Fsp3) is 0.294. The Kier molecular flexibility index (Phi) is 5.30. The van der Waals surface area contributed by atoms with Gasteiger partial charge in [-0.3, -0.25) is 0 Å². The summed E-state index contributed by atoms with van der Waals surface area (Å²) in [5.41, 5.74) is 6.54. The second kappa shape index (κ2) is 7.20. The first kappa shape index (κ1) is 14.7. The molecule has 0 heterocycles. The van der Waals surface area contributed by atoms with Crippen molar-refractivity contribution in [2.24, 2.45) is 5.73 Å². The summed E-state index contributed by atoms with van der Waals surface area (Å²) in [5, 5.41) is 10.8. The molecule has 0 unspecified atom stereocenters. The Morgan fingerprint density at radius 2 is 1.55 bits per heavy atom. The molecule has 2 aromatic rings. The van der Waals surface area contributed by atoms with Crippen LogP contribution >= 0.6 is 0 Å². The molecule has 1 atom stereocenters. The third-order valence-electron chi connectivity index (χ3n) is 3.32. The highest BCUT2D eigenvalue weighted by molar-refractivity contribution is 5.22. The van der Waals surface area contributed by atoms with Gasteiger partial charge in [-0.05, 0) is 24.1 Å². The molecule has 0 fully saturated rings. The first-order chi connectivity index (χ1) is 9.74. The summed E-state index contributed by atoms with van der Waals surface area (Å²) >= 11 is 0. The van der Waals surface area contributed by atoms with Crippen molar-refractivity contribution in [3.05, 3.63) is 71.8 Å². The van der Waals surface area contributed by atoms with Gasteiger partial charge in [-0.1, -0.05) is 60.7 Å². The van der Waals surface area contributed by atoms with Gasteiger partial charge in [0.1, 0.15) is 5.60 Å². The molecule has 2 aromatic carbocycles. The van der Waals surface area contributed by atoms with Crippen molar-refractivity contribution in [2.75, 3.05) is 13.2 Å². The van der Waals surface area contributed by atoms with E-state index in [0.29, 0.717) is 19.6 Å². The van der Waals surface area contributed by atoms with E-state index >= 15 is 0 Å². The van der Waals surface area contributed by atoms with E-state index in [-0.39, 0.29) is 6.61 Å². The summed E-state index contributed by atoms with van der Waals surface area (Å²) in [6.45, 7) is 1.14. The zero-order chi connectivity index (χ0) is 14.3. The van der Waals surface area contributed by atoms with Crippen LogP contribution in [0.25, 0.3) is 0 Å². The molecule has 0 aliphatic carbocycles. The molecular weight excluding hydrogens is 250 g/mol. The van der Waals surface area contributed by atoms with Gasteiger partial charge in [0.2, 0.25) is 0 Å². The highest BCUT2D eigenvalue weighted by Crippen LogP contribution is 2.25. The summed E-state index contributed by atoms with van der Waals surface area (Å²) < 4.78 is 5.69. The molecule has 3 heteroatoms. The topological polar surface area (TPSA) is 55.5 Å². The van der Waals surface area contributed by atoms with Crippen LogP contribution in [-0.2, 0) is 16.9 Å². The zero-order valence-corrected chi connectivity index (χ0v) is 11.5. The lowest BCUT2D eigenvalue weighted by atomic mass is 9.91. The summed E-state index contributed by atoms with van der Waals surface area (Å²) in [6, 6.07) is 19.5. The van der Waals surface area contributed by atoms with Crippen molar-refractivity contribution < 1.29 is 9.84 Å². The zero-order valence-electron chi connectivity index (χ0n) is 11.5. The van der Waals surface area contributed by atoms with Gasteiger partial charge in [0.15, 0.2) is 0 Å². The van der Waals surface area contributed by atoms with Gasteiger partial charge in [0, 0.05) is 0 Å². The second-order valence-corrected chi connectivity index (χ2v) is 4.91. The van der Waals surface area contributed by atoms with E-state index in [9.17, 15) is 5.11 Å². The predicted octanol–water partition coefficient (Wildman–Crippen LogP) is 2.44. The van der Waals surface area contributed by atoms with Crippen LogP contribution in [0.4, 0.5) is 0 Å². The second-order valence-electron chi connectivity index (χ2n) is 4.91. The van der Waals surface area contributed by atoms with Crippen LogP contribution in [0, 0.1) is 0 Å². The number of ether oxygens (including phenoxy) is 1. The van der Waals surface area contributed by atoms with Gasteiger partial charge < -0.3 is 15.6 Å². The molecule has 0 aromatic heterocycles. The quantitative estimate of drug-likeness (QED) is 0.813. The number of benzene rings is 2. The Hall–Kier alpha value is -1.68. The Bertz CT molecular complexity index is 501. The van der Waals surface area contributed by atoms with Gasteiger partial charge in [-0.25, -0.2) is 0 Å². The monoisotopic (exact) mass is 271 g/mol. The fourth-order valence-electron chi connectivity index (χ4n) is 2.20. The lowest BCUT2D eigenvalue weighted by Gasteiger charge is -2.28. The van der Waals surface area contributed by atoms with Crippen molar-refractivity contribution >= 4 is 0 Å². The fourth-order valence-corrected chi connectivity index (χ4v) is 2.20. The van der Waals surface area contributed by atoms with Crippen LogP contribution in [0.3, 0.4) is 0 Å². The standard InChI is InChI=1S/C17H21NO2/c18-12-11-17(19,16-9-5-2-6-10-16)14-20-13-15-7-3-1-4-8-15/h1-10,19H,11-14,18H2/t17-/m0/s1. The van der Waals surface area contributed by atoms with E-state index in [0.717, 1.165) is 11.1 Å². The van der Waals surface area contributed by atoms with E-state index in [1.165, 1.54) is 0 Å². The number of hydrogen-bond acceptors (Lipinski definition) is 3. The van der Waals surface area contributed by atoms with E-state index < -0.39 is 5.60 Å². The van der Waals surface area contributed by atoms with Crippen molar-refractivity contribution in [3.8, 4) is 0 Å². The summed E-state index contributed by atoms with van der Waals surface area (Å²) in [4.78, 5) is 0. The first-order valence-corrected chi connectivity index (χ1v) is 6.84. The highest BCUT2D eigenvalue weighted by Gasteiger charge is 2.28. The summed E-state index contributed by atoms with van der Waals surface area (Å²) in [5.74, 6) is 0. The van der Waals surface area contributed by atoms with Crippen molar-refractivity contribution in [1.29, 1.82) is 0 Å². The Labute approximate surface area is 120 Å². The number of aliphatic hydroxyl groups is 1. The molecule has 0 radical (unpaired) electrons. The average molecular weight is 271 g/mol. The predicted molar refractivity (Wildman–Crippen MR) is 80.1 cm³/mol. The van der Waals surface area contributed by atoms with Gasteiger partial charge in [-0.15, -0.1) is 0 Å². The summed E-state index contributed by atoms with van der Waals surface area (Å²) in [6.07, 6.45) is 0.478. The van der Waals surface area contributed by atoms with Crippen LogP contribution in [0.1, 0.15) is 17.5 Å². The molecule has 0 amide bonds. The molecule has 3 N–H and O–H groups in total. The lowest BCUT2D eigenvalue weighted by Crippen LogP contribution is -2.34. The van der Waals surface area contributed by atoms with Gasteiger partial charge in [-0.2, -0.15) is 0 Å². The normalized spacial score (nSPS) is 13.9. The molecule has 3 nitrogen and oxygen atoms in total. The molecule has 0 saturated carbocycles. The van der Waals surface area contributed by atoms with Crippen LogP contribution in [0.5, 0.6) is 0 Å². The van der Waals surface area contributed by atoms with Crippen LogP contribution in [0.15, 0.2) is 60.7 Å². The molecule has 106 valence electrons. The molecule has 0 aliphatic rings. The highest BCUT2D eigenvalue weighted by atomic mass is 16.5. The Balaban J connectivity index is 1.99. The number of rotatable bonds is 7. The average Bonchev–Trinajstić information content (AvgIpc) is 2.49. The third-order valence-corrected chi connectivity index (χ3v) is 3.32. The van der Waals surface area contributed by atoms with E-state index in [1.807, 2.05) is 60.7 Å². The smallest absolute Gasteiger partial charge is 0.114 e. The van der Waals surface area contributed by atoms with Crippen LogP contribution < -0.4 is 5.73 Å². The minimum absolute atomic E-state index is 0.239. The maximum Gasteiger partial charge on any atom is 0.114 e.